The molecule has 0 amide bonds. The van der Waals surface area contributed by atoms with Crippen molar-refractivity contribution in [2.75, 3.05) is 31.2 Å². The maximum Gasteiger partial charge on any atom is 0.573 e. The maximum absolute atomic E-state index is 12.5. The molecule has 8 heteroatoms. The van der Waals surface area contributed by atoms with Crippen LogP contribution in [-0.4, -0.2) is 42.9 Å². The predicted octanol–water partition coefficient (Wildman–Crippen LogP) is 2.88. The highest BCUT2D eigenvalue weighted by atomic mass is 19.4. The highest BCUT2D eigenvalue weighted by Gasteiger charge is 2.32. The number of anilines is 1. The van der Waals surface area contributed by atoms with Gasteiger partial charge in [0.05, 0.1) is 18.9 Å². The number of ether oxygens (including phenoxy) is 2. The summed E-state index contributed by atoms with van der Waals surface area (Å²) in [6, 6.07) is 9.23. The van der Waals surface area contributed by atoms with Crippen molar-refractivity contribution in [1.82, 2.24) is 10.2 Å². The summed E-state index contributed by atoms with van der Waals surface area (Å²) in [5.41, 5.74) is 0.563. The van der Waals surface area contributed by atoms with Gasteiger partial charge >= 0.3 is 6.36 Å². The minimum atomic E-state index is -4.75. The lowest BCUT2D eigenvalue weighted by atomic mass is 10.1. The van der Waals surface area contributed by atoms with E-state index in [4.69, 9.17) is 4.74 Å². The molecule has 0 aliphatic carbocycles. The van der Waals surface area contributed by atoms with Crippen LogP contribution in [0.1, 0.15) is 0 Å². The largest absolute Gasteiger partial charge is 0.573 e. The lowest BCUT2D eigenvalue weighted by Gasteiger charge is -2.27. The van der Waals surface area contributed by atoms with Crippen LogP contribution in [0.2, 0.25) is 0 Å². The second-order valence-corrected chi connectivity index (χ2v) is 4.92. The number of hydrogen-bond donors (Lipinski definition) is 0. The van der Waals surface area contributed by atoms with Gasteiger partial charge in [0.2, 0.25) is 0 Å². The van der Waals surface area contributed by atoms with Crippen molar-refractivity contribution in [3.63, 3.8) is 0 Å². The summed E-state index contributed by atoms with van der Waals surface area (Å²) in [6.07, 6.45) is -4.75. The lowest BCUT2D eigenvalue weighted by Crippen LogP contribution is -2.36. The second kappa shape index (κ2) is 6.41. The Labute approximate surface area is 130 Å². The zero-order chi connectivity index (χ0) is 16.3. The number of nitrogens with zero attached hydrogens (tertiary/aromatic N) is 3. The number of halogens is 3. The van der Waals surface area contributed by atoms with Crippen LogP contribution in [-0.2, 0) is 4.74 Å². The molecular weight excluding hydrogens is 311 g/mol. The summed E-state index contributed by atoms with van der Waals surface area (Å²) in [5.74, 6) is 0.375. The van der Waals surface area contributed by atoms with Gasteiger partial charge in [0.25, 0.3) is 0 Å². The van der Waals surface area contributed by atoms with E-state index in [1.807, 2.05) is 4.90 Å². The average Bonchev–Trinajstić information content (AvgIpc) is 2.55. The molecular formula is C15H14F3N3O2. The van der Waals surface area contributed by atoms with E-state index in [-0.39, 0.29) is 11.3 Å². The lowest BCUT2D eigenvalue weighted by molar-refractivity contribution is -0.274. The topological polar surface area (TPSA) is 47.5 Å². The van der Waals surface area contributed by atoms with Crippen molar-refractivity contribution >= 4 is 5.82 Å². The van der Waals surface area contributed by atoms with Crippen molar-refractivity contribution in [3.8, 4) is 17.0 Å². The highest BCUT2D eigenvalue weighted by molar-refractivity contribution is 5.67. The smallest absolute Gasteiger partial charge is 0.405 e. The third kappa shape index (κ3) is 3.89. The van der Waals surface area contributed by atoms with Gasteiger partial charge in [-0.2, -0.15) is 0 Å². The van der Waals surface area contributed by atoms with Crippen molar-refractivity contribution in [2.45, 2.75) is 6.36 Å². The summed E-state index contributed by atoms with van der Waals surface area (Å²) >= 11 is 0. The van der Waals surface area contributed by atoms with E-state index in [0.29, 0.717) is 37.8 Å². The van der Waals surface area contributed by atoms with Gasteiger partial charge in [0.15, 0.2) is 5.82 Å². The fourth-order valence-corrected chi connectivity index (χ4v) is 2.32. The first-order chi connectivity index (χ1) is 11.0. The molecule has 1 saturated heterocycles. The molecule has 0 atom stereocenters. The third-order valence-corrected chi connectivity index (χ3v) is 3.37. The van der Waals surface area contributed by atoms with Gasteiger partial charge in [-0.25, -0.2) is 0 Å². The summed E-state index contributed by atoms with van der Waals surface area (Å²) in [4.78, 5) is 2.01. The van der Waals surface area contributed by atoms with E-state index in [2.05, 4.69) is 14.9 Å². The van der Waals surface area contributed by atoms with E-state index in [1.54, 1.807) is 18.2 Å². The maximum atomic E-state index is 12.5. The van der Waals surface area contributed by atoms with Gasteiger partial charge < -0.3 is 14.4 Å². The average molecular weight is 325 g/mol. The molecule has 2 aromatic rings. The van der Waals surface area contributed by atoms with Gasteiger partial charge in [0.1, 0.15) is 5.75 Å². The summed E-state index contributed by atoms with van der Waals surface area (Å²) in [6.45, 7) is 2.65. The van der Waals surface area contributed by atoms with Crippen LogP contribution in [0.3, 0.4) is 0 Å². The molecule has 0 N–H and O–H groups in total. The normalized spacial score (nSPS) is 15.5. The van der Waals surface area contributed by atoms with Gasteiger partial charge in [-0.3, -0.25) is 0 Å². The van der Waals surface area contributed by atoms with Crippen LogP contribution in [0, 0.1) is 0 Å². The molecule has 1 aromatic carbocycles. The summed E-state index contributed by atoms with van der Waals surface area (Å²) in [5, 5.41) is 8.13. The van der Waals surface area contributed by atoms with E-state index in [9.17, 15) is 13.2 Å². The summed E-state index contributed by atoms with van der Waals surface area (Å²) in [7, 11) is 0. The van der Waals surface area contributed by atoms with E-state index >= 15 is 0 Å². The molecule has 0 spiro atoms. The molecule has 1 aliphatic rings. The van der Waals surface area contributed by atoms with Crippen molar-refractivity contribution in [3.05, 3.63) is 36.4 Å². The number of para-hydroxylation sites is 1. The Hall–Kier alpha value is -2.35. The molecule has 3 rings (SSSR count). The van der Waals surface area contributed by atoms with Crippen LogP contribution >= 0.6 is 0 Å². The van der Waals surface area contributed by atoms with Crippen molar-refractivity contribution in [1.29, 1.82) is 0 Å². The van der Waals surface area contributed by atoms with Gasteiger partial charge in [0, 0.05) is 18.7 Å². The Balaban J connectivity index is 1.84. The Morgan fingerprint density at radius 1 is 1.00 bits per heavy atom. The SMILES string of the molecule is FC(F)(F)Oc1ccccc1-c1ccc(N2CCOCC2)nn1. The van der Waals surface area contributed by atoms with E-state index in [1.165, 1.54) is 18.2 Å². The van der Waals surface area contributed by atoms with Crippen molar-refractivity contribution < 1.29 is 22.6 Å². The zero-order valence-electron chi connectivity index (χ0n) is 12.1. The van der Waals surface area contributed by atoms with Crippen LogP contribution in [0.4, 0.5) is 19.0 Å². The molecule has 5 nitrogen and oxygen atoms in total. The number of hydrogen-bond acceptors (Lipinski definition) is 5. The van der Waals surface area contributed by atoms with Gasteiger partial charge in [-0.1, -0.05) is 12.1 Å². The van der Waals surface area contributed by atoms with Crippen LogP contribution in [0.15, 0.2) is 36.4 Å². The van der Waals surface area contributed by atoms with Crippen molar-refractivity contribution in [2.24, 2.45) is 0 Å². The molecule has 2 heterocycles. The number of benzene rings is 1. The molecule has 23 heavy (non-hydrogen) atoms. The van der Waals surface area contributed by atoms with Crippen LogP contribution in [0.25, 0.3) is 11.3 Å². The Morgan fingerprint density at radius 2 is 1.74 bits per heavy atom. The Morgan fingerprint density at radius 3 is 2.39 bits per heavy atom. The minimum absolute atomic E-state index is 0.242. The summed E-state index contributed by atoms with van der Waals surface area (Å²) < 4.78 is 46.7. The third-order valence-electron chi connectivity index (χ3n) is 3.37. The molecule has 122 valence electrons. The van der Waals surface area contributed by atoms with E-state index in [0.717, 1.165) is 0 Å². The number of rotatable bonds is 3. The van der Waals surface area contributed by atoms with Crippen LogP contribution in [0.5, 0.6) is 5.75 Å². The standard InChI is InChI=1S/C15H14F3N3O2/c16-15(17,18)23-13-4-2-1-3-11(13)12-5-6-14(20-19-12)21-7-9-22-10-8-21/h1-6H,7-10H2. The second-order valence-electron chi connectivity index (χ2n) is 4.92. The highest BCUT2D eigenvalue weighted by Crippen LogP contribution is 2.32. The predicted molar refractivity (Wildman–Crippen MR) is 77.2 cm³/mol. The monoisotopic (exact) mass is 325 g/mol. The first-order valence-electron chi connectivity index (χ1n) is 7.04. The Bertz CT molecular complexity index is 656. The Kier molecular flexibility index (Phi) is 4.33. The minimum Gasteiger partial charge on any atom is -0.405 e. The fourth-order valence-electron chi connectivity index (χ4n) is 2.32. The fraction of sp³-hybridized carbons (Fsp3) is 0.333. The molecule has 0 radical (unpaired) electrons. The van der Waals surface area contributed by atoms with Crippen LogP contribution < -0.4 is 9.64 Å². The number of aromatic nitrogens is 2. The van der Waals surface area contributed by atoms with E-state index < -0.39 is 6.36 Å². The van der Waals surface area contributed by atoms with Gasteiger partial charge in [-0.15, -0.1) is 23.4 Å². The first-order valence-corrected chi connectivity index (χ1v) is 7.04. The molecule has 1 aliphatic heterocycles. The van der Waals surface area contributed by atoms with Gasteiger partial charge in [-0.05, 0) is 24.3 Å². The first kappa shape index (κ1) is 15.5. The molecule has 0 unspecified atom stereocenters. The molecule has 1 fully saturated rings. The zero-order valence-corrected chi connectivity index (χ0v) is 12.1. The number of morpholine rings is 1. The quantitative estimate of drug-likeness (QED) is 0.868. The molecule has 0 saturated carbocycles. The molecule has 1 aromatic heterocycles. The molecule has 0 bridgehead atoms. The number of alkyl halides is 3.